The molecule has 0 saturated carbocycles. The second kappa shape index (κ2) is 4.63. The lowest BCUT2D eigenvalue weighted by molar-refractivity contribution is -0.0364. The van der Waals surface area contributed by atoms with E-state index in [0.29, 0.717) is 5.41 Å². The first kappa shape index (κ1) is 10.4. The zero-order chi connectivity index (χ0) is 9.86. The van der Waals surface area contributed by atoms with E-state index in [1.54, 1.807) is 0 Å². The van der Waals surface area contributed by atoms with Crippen LogP contribution < -0.4 is 5.32 Å². The van der Waals surface area contributed by atoms with Gasteiger partial charge < -0.3 is 10.1 Å². The Labute approximate surface area is 87.4 Å². The molecule has 2 heterocycles. The highest BCUT2D eigenvalue weighted by molar-refractivity contribution is 4.92. The van der Waals surface area contributed by atoms with E-state index in [1.165, 1.54) is 45.2 Å². The normalized spacial score (nSPS) is 31.9. The fourth-order valence-corrected chi connectivity index (χ4v) is 3.23. The Balaban J connectivity index is 2.02. The molecule has 0 radical (unpaired) electrons. The molecule has 2 aliphatic rings. The molecule has 1 spiro atoms. The molecule has 1 atom stereocenters. The quantitative estimate of drug-likeness (QED) is 0.732. The summed E-state index contributed by atoms with van der Waals surface area (Å²) in [5, 5.41) is 3.55. The number of hydrogen-bond acceptors (Lipinski definition) is 2. The number of nitrogens with one attached hydrogen (secondary N) is 1. The molecule has 0 aromatic rings. The Kier molecular flexibility index (Phi) is 3.45. The van der Waals surface area contributed by atoms with E-state index < -0.39 is 0 Å². The summed E-state index contributed by atoms with van der Waals surface area (Å²) in [4.78, 5) is 0. The number of rotatable bonds is 2. The van der Waals surface area contributed by atoms with Gasteiger partial charge in [0.2, 0.25) is 0 Å². The van der Waals surface area contributed by atoms with Gasteiger partial charge in [-0.05, 0) is 50.1 Å². The molecule has 2 heteroatoms. The van der Waals surface area contributed by atoms with Gasteiger partial charge in [-0.15, -0.1) is 0 Å². The first-order valence-electron chi connectivity index (χ1n) is 6.16. The maximum atomic E-state index is 5.50. The van der Waals surface area contributed by atoms with Crippen LogP contribution in [0.5, 0.6) is 0 Å². The van der Waals surface area contributed by atoms with Crippen molar-refractivity contribution in [2.45, 2.75) is 39.0 Å². The van der Waals surface area contributed by atoms with Crippen LogP contribution in [-0.4, -0.2) is 26.3 Å². The van der Waals surface area contributed by atoms with Crippen molar-refractivity contribution in [2.24, 2.45) is 11.3 Å². The third-order valence-electron chi connectivity index (χ3n) is 4.18. The zero-order valence-corrected chi connectivity index (χ0v) is 9.35. The molecule has 2 aliphatic heterocycles. The van der Waals surface area contributed by atoms with E-state index in [1.807, 2.05) is 0 Å². The van der Waals surface area contributed by atoms with Crippen molar-refractivity contribution >= 4 is 0 Å². The van der Waals surface area contributed by atoms with Crippen LogP contribution >= 0.6 is 0 Å². The maximum Gasteiger partial charge on any atom is 0.0471 e. The van der Waals surface area contributed by atoms with Crippen LogP contribution in [0.25, 0.3) is 0 Å². The van der Waals surface area contributed by atoms with Crippen LogP contribution in [0.2, 0.25) is 0 Å². The summed E-state index contributed by atoms with van der Waals surface area (Å²) in [5.41, 5.74) is 0.638. The van der Waals surface area contributed by atoms with Gasteiger partial charge in [0, 0.05) is 13.2 Å². The minimum atomic E-state index is 0.638. The average molecular weight is 197 g/mol. The predicted molar refractivity (Wildman–Crippen MR) is 58.4 cm³/mol. The van der Waals surface area contributed by atoms with Gasteiger partial charge in [0.15, 0.2) is 0 Å². The van der Waals surface area contributed by atoms with Crippen molar-refractivity contribution in [1.82, 2.24) is 5.32 Å². The van der Waals surface area contributed by atoms with Gasteiger partial charge in [-0.1, -0.05) is 13.3 Å². The molecule has 0 aromatic heterocycles. The SMILES string of the molecule is CCCC1CNCCC12CCOCC2. The molecular formula is C12H23NO. The number of ether oxygens (including phenoxy) is 1. The van der Waals surface area contributed by atoms with Crippen LogP contribution in [-0.2, 0) is 4.74 Å². The number of piperidine rings is 1. The molecule has 14 heavy (non-hydrogen) atoms. The van der Waals surface area contributed by atoms with E-state index in [-0.39, 0.29) is 0 Å². The predicted octanol–water partition coefficient (Wildman–Crippen LogP) is 2.19. The lowest BCUT2D eigenvalue weighted by Crippen LogP contribution is -2.47. The van der Waals surface area contributed by atoms with Gasteiger partial charge in [0.1, 0.15) is 0 Å². The third-order valence-corrected chi connectivity index (χ3v) is 4.18. The van der Waals surface area contributed by atoms with Crippen molar-refractivity contribution in [3.63, 3.8) is 0 Å². The highest BCUT2D eigenvalue weighted by Gasteiger charge is 2.40. The van der Waals surface area contributed by atoms with Gasteiger partial charge in [-0.3, -0.25) is 0 Å². The molecule has 2 fully saturated rings. The average Bonchev–Trinajstić information content (AvgIpc) is 2.23. The Morgan fingerprint density at radius 3 is 2.79 bits per heavy atom. The Hall–Kier alpha value is -0.0800. The smallest absolute Gasteiger partial charge is 0.0471 e. The summed E-state index contributed by atoms with van der Waals surface area (Å²) >= 11 is 0. The van der Waals surface area contributed by atoms with E-state index >= 15 is 0 Å². The highest BCUT2D eigenvalue weighted by atomic mass is 16.5. The van der Waals surface area contributed by atoms with Crippen molar-refractivity contribution in [1.29, 1.82) is 0 Å². The van der Waals surface area contributed by atoms with E-state index in [4.69, 9.17) is 4.74 Å². The summed E-state index contributed by atoms with van der Waals surface area (Å²) in [5.74, 6) is 0.908. The second-order valence-corrected chi connectivity index (χ2v) is 4.91. The molecule has 82 valence electrons. The fraction of sp³-hybridized carbons (Fsp3) is 1.00. The largest absolute Gasteiger partial charge is 0.381 e. The highest BCUT2D eigenvalue weighted by Crippen LogP contribution is 2.44. The molecule has 2 rings (SSSR count). The van der Waals surface area contributed by atoms with Crippen molar-refractivity contribution in [3.8, 4) is 0 Å². The third kappa shape index (κ3) is 1.96. The minimum Gasteiger partial charge on any atom is -0.381 e. The summed E-state index contributed by atoms with van der Waals surface area (Å²) in [6.07, 6.45) is 6.71. The molecule has 0 bridgehead atoms. The molecule has 0 amide bonds. The standard InChI is InChI=1S/C12H23NO/c1-2-3-11-10-13-7-4-12(11)5-8-14-9-6-12/h11,13H,2-10H2,1H3. The first-order chi connectivity index (χ1) is 6.87. The molecule has 1 unspecified atom stereocenters. The topological polar surface area (TPSA) is 21.3 Å². The van der Waals surface area contributed by atoms with E-state index in [2.05, 4.69) is 12.2 Å². The first-order valence-corrected chi connectivity index (χ1v) is 6.16. The summed E-state index contributed by atoms with van der Waals surface area (Å²) in [6.45, 7) is 6.77. The molecule has 1 N–H and O–H groups in total. The minimum absolute atomic E-state index is 0.638. The Bertz CT molecular complexity index is 165. The zero-order valence-electron chi connectivity index (χ0n) is 9.35. The maximum absolute atomic E-state index is 5.50. The Morgan fingerprint density at radius 1 is 1.29 bits per heavy atom. The Morgan fingerprint density at radius 2 is 2.07 bits per heavy atom. The van der Waals surface area contributed by atoms with Crippen LogP contribution in [0.4, 0.5) is 0 Å². The molecule has 2 saturated heterocycles. The van der Waals surface area contributed by atoms with Crippen LogP contribution in [0.15, 0.2) is 0 Å². The molecule has 0 aliphatic carbocycles. The monoisotopic (exact) mass is 197 g/mol. The summed E-state index contributed by atoms with van der Waals surface area (Å²) < 4.78 is 5.50. The van der Waals surface area contributed by atoms with Crippen LogP contribution in [0.1, 0.15) is 39.0 Å². The summed E-state index contributed by atoms with van der Waals surface area (Å²) in [6, 6.07) is 0. The van der Waals surface area contributed by atoms with Gasteiger partial charge in [0.05, 0.1) is 0 Å². The van der Waals surface area contributed by atoms with E-state index in [0.717, 1.165) is 19.1 Å². The molecule has 0 aromatic carbocycles. The van der Waals surface area contributed by atoms with Gasteiger partial charge in [-0.2, -0.15) is 0 Å². The molecule has 2 nitrogen and oxygen atoms in total. The van der Waals surface area contributed by atoms with Crippen molar-refractivity contribution < 1.29 is 4.74 Å². The number of hydrogen-bond donors (Lipinski definition) is 1. The van der Waals surface area contributed by atoms with Gasteiger partial charge >= 0.3 is 0 Å². The van der Waals surface area contributed by atoms with Crippen molar-refractivity contribution in [3.05, 3.63) is 0 Å². The molecular weight excluding hydrogens is 174 g/mol. The van der Waals surface area contributed by atoms with Crippen LogP contribution in [0, 0.1) is 11.3 Å². The van der Waals surface area contributed by atoms with Crippen molar-refractivity contribution in [2.75, 3.05) is 26.3 Å². The summed E-state index contributed by atoms with van der Waals surface area (Å²) in [7, 11) is 0. The van der Waals surface area contributed by atoms with Gasteiger partial charge in [-0.25, -0.2) is 0 Å². The lowest BCUT2D eigenvalue weighted by atomic mass is 9.64. The van der Waals surface area contributed by atoms with Crippen LogP contribution in [0.3, 0.4) is 0 Å². The lowest BCUT2D eigenvalue weighted by Gasteiger charge is -2.47. The van der Waals surface area contributed by atoms with Gasteiger partial charge in [0.25, 0.3) is 0 Å². The second-order valence-electron chi connectivity index (χ2n) is 4.91. The van der Waals surface area contributed by atoms with E-state index in [9.17, 15) is 0 Å². The fourth-order valence-electron chi connectivity index (χ4n) is 3.23.